The highest BCUT2D eigenvalue weighted by Gasteiger charge is 2.34. The molecule has 2 aromatic carbocycles. The van der Waals surface area contributed by atoms with Crippen molar-refractivity contribution in [1.82, 2.24) is 4.98 Å². The Hall–Kier alpha value is -2.82. The van der Waals surface area contributed by atoms with E-state index in [1.54, 1.807) is 0 Å². The van der Waals surface area contributed by atoms with Crippen LogP contribution < -0.4 is 5.73 Å². The largest absolute Gasteiger partial charge is 0.366 e. The summed E-state index contributed by atoms with van der Waals surface area (Å²) in [5, 5.41) is 0.350. The Labute approximate surface area is 163 Å². The van der Waals surface area contributed by atoms with Gasteiger partial charge in [0.15, 0.2) is 11.6 Å². The third kappa shape index (κ3) is 3.88. The van der Waals surface area contributed by atoms with Gasteiger partial charge in [-0.15, -0.1) is 0 Å². The van der Waals surface area contributed by atoms with E-state index in [9.17, 15) is 13.6 Å². The molecule has 0 saturated heterocycles. The fourth-order valence-electron chi connectivity index (χ4n) is 4.03. The van der Waals surface area contributed by atoms with Gasteiger partial charge >= 0.3 is 0 Å². The minimum absolute atomic E-state index is 0.0805. The van der Waals surface area contributed by atoms with Crippen molar-refractivity contribution in [2.75, 3.05) is 0 Å². The smallest absolute Gasteiger partial charge is 0.250 e. The fourth-order valence-corrected chi connectivity index (χ4v) is 4.03. The molecule has 0 aliphatic rings. The molecule has 0 radical (unpaired) electrons. The monoisotopic (exact) mass is 382 g/mol. The summed E-state index contributed by atoms with van der Waals surface area (Å²) in [7, 11) is 0. The van der Waals surface area contributed by atoms with E-state index in [0.29, 0.717) is 29.8 Å². The van der Waals surface area contributed by atoms with Crippen LogP contribution >= 0.6 is 0 Å². The molecule has 3 aromatic rings. The number of fused-ring (bicyclic) bond motifs is 1. The van der Waals surface area contributed by atoms with E-state index in [2.05, 4.69) is 18.8 Å². The molecule has 0 aliphatic carbocycles. The van der Waals surface area contributed by atoms with Crippen molar-refractivity contribution in [2.24, 2.45) is 11.7 Å². The molecule has 5 heteroatoms. The van der Waals surface area contributed by atoms with Crippen LogP contribution in [0.15, 0.2) is 48.5 Å². The predicted octanol–water partition coefficient (Wildman–Crippen LogP) is 5.16. The zero-order valence-corrected chi connectivity index (χ0v) is 16.3. The Balaban J connectivity index is 2.26. The maximum atomic E-state index is 14.4. The number of carbonyl (C=O) groups is 1. The van der Waals surface area contributed by atoms with Crippen molar-refractivity contribution < 1.29 is 13.6 Å². The van der Waals surface area contributed by atoms with Crippen LogP contribution in [0.2, 0.25) is 0 Å². The van der Waals surface area contributed by atoms with Gasteiger partial charge in [-0.3, -0.25) is 4.79 Å². The number of benzene rings is 2. The number of rotatable bonds is 6. The molecule has 3 rings (SSSR count). The number of pyridine rings is 1. The van der Waals surface area contributed by atoms with Crippen molar-refractivity contribution in [3.8, 4) is 0 Å². The van der Waals surface area contributed by atoms with Gasteiger partial charge in [-0.2, -0.15) is 0 Å². The molecule has 1 amide bonds. The van der Waals surface area contributed by atoms with Crippen LogP contribution in [0.25, 0.3) is 10.9 Å². The van der Waals surface area contributed by atoms with E-state index >= 15 is 0 Å². The lowest BCUT2D eigenvalue weighted by Gasteiger charge is -2.33. The second kappa shape index (κ2) is 7.66. The SMILES string of the molecule is CC(C)C[C@](C)(Cc1ccccc1)c1nc2c(F)c(F)ccc2cc1C(N)=O. The highest BCUT2D eigenvalue weighted by atomic mass is 19.2. The Kier molecular flexibility index (Phi) is 5.45. The number of primary amides is 1. The third-order valence-corrected chi connectivity index (χ3v) is 5.01. The number of nitrogens with zero attached hydrogens (tertiary/aromatic N) is 1. The predicted molar refractivity (Wildman–Crippen MR) is 107 cm³/mol. The fraction of sp³-hybridized carbons (Fsp3) is 0.304. The molecule has 146 valence electrons. The number of amides is 1. The lowest BCUT2D eigenvalue weighted by atomic mass is 9.72. The summed E-state index contributed by atoms with van der Waals surface area (Å²) in [6.07, 6.45) is 1.30. The first-order valence-electron chi connectivity index (χ1n) is 9.34. The first-order chi connectivity index (χ1) is 13.2. The van der Waals surface area contributed by atoms with Gasteiger partial charge in [0.1, 0.15) is 5.52 Å². The summed E-state index contributed by atoms with van der Waals surface area (Å²) in [5.41, 5.74) is 6.72. The van der Waals surface area contributed by atoms with Gasteiger partial charge in [0, 0.05) is 10.8 Å². The van der Waals surface area contributed by atoms with Gasteiger partial charge in [-0.25, -0.2) is 13.8 Å². The van der Waals surface area contributed by atoms with Gasteiger partial charge in [0.25, 0.3) is 5.91 Å². The summed E-state index contributed by atoms with van der Waals surface area (Å²) >= 11 is 0. The molecule has 28 heavy (non-hydrogen) atoms. The first kappa shape index (κ1) is 19.9. The van der Waals surface area contributed by atoms with Crippen molar-refractivity contribution in [3.05, 3.63) is 77.0 Å². The molecule has 3 nitrogen and oxygen atoms in total. The first-order valence-corrected chi connectivity index (χ1v) is 9.34. The lowest BCUT2D eigenvalue weighted by molar-refractivity contribution is 0.0996. The van der Waals surface area contributed by atoms with E-state index in [1.807, 2.05) is 37.3 Å². The number of halogens is 2. The molecule has 0 spiro atoms. The van der Waals surface area contributed by atoms with Gasteiger partial charge in [0.2, 0.25) is 0 Å². The highest BCUT2D eigenvalue weighted by molar-refractivity contribution is 5.98. The van der Waals surface area contributed by atoms with Gasteiger partial charge < -0.3 is 5.73 Å². The van der Waals surface area contributed by atoms with E-state index in [0.717, 1.165) is 11.6 Å². The standard InChI is InChI=1S/C23H24F2N2O/c1-14(2)12-23(3,13-15-7-5-4-6-8-15)21-17(22(26)28)11-16-9-10-18(24)19(25)20(16)27-21/h4-11,14H,12-13H2,1-3H3,(H2,26,28)/t23-/m1/s1. The highest BCUT2D eigenvalue weighted by Crippen LogP contribution is 2.37. The Bertz CT molecular complexity index is 1020. The zero-order valence-electron chi connectivity index (χ0n) is 16.3. The van der Waals surface area contributed by atoms with Crippen LogP contribution in [0.1, 0.15) is 48.8 Å². The molecule has 2 N–H and O–H groups in total. The summed E-state index contributed by atoms with van der Waals surface area (Å²) in [5.74, 6) is -2.31. The van der Waals surface area contributed by atoms with Gasteiger partial charge in [0.05, 0.1) is 11.3 Å². The average molecular weight is 382 g/mol. The van der Waals surface area contributed by atoms with E-state index in [1.165, 1.54) is 12.1 Å². The van der Waals surface area contributed by atoms with Crippen LogP contribution in [0.4, 0.5) is 8.78 Å². The summed E-state index contributed by atoms with van der Waals surface area (Å²) in [4.78, 5) is 16.7. The normalized spacial score (nSPS) is 13.6. The summed E-state index contributed by atoms with van der Waals surface area (Å²) in [6.45, 7) is 6.15. The molecule has 1 atom stereocenters. The average Bonchev–Trinajstić information content (AvgIpc) is 2.64. The molecule has 0 unspecified atom stereocenters. The lowest BCUT2D eigenvalue weighted by Crippen LogP contribution is -2.32. The van der Waals surface area contributed by atoms with Crippen LogP contribution in [0, 0.1) is 17.6 Å². The maximum Gasteiger partial charge on any atom is 0.250 e. The molecular weight excluding hydrogens is 358 g/mol. The van der Waals surface area contributed by atoms with Crippen LogP contribution in [0.3, 0.4) is 0 Å². The maximum absolute atomic E-state index is 14.4. The van der Waals surface area contributed by atoms with Crippen molar-refractivity contribution in [2.45, 2.75) is 39.0 Å². The van der Waals surface area contributed by atoms with Crippen molar-refractivity contribution >= 4 is 16.8 Å². The van der Waals surface area contributed by atoms with Crippen LogP contribution in [-0.4, -0.2) is 10.9 Å². The minimum atomic E-state index is -1.01. The van der Waals surface area contributed by atoms with E-state index in [4.69, 9.17) is 5.73 Å². The molecule has 0 saturated carbocycles. The van der Waals surface area contributed by atoms with Gasteiger partial charge in [-0.1, -0.05) is 51.1 Å². The zero-order chi connectivity index (χ0) is 20.5. The molecule has 1 aromatic heterocycles. The minimum Gasteiger partial charge on any atom is -0.366 e. The third-order valence-electron chi connectivity index (χ3n) is 5.01. The van der Waals surface area contributed by atoms with Crippen molar-refractivity contribution in [1.29, 1.82) is 0 Å². The molecule has 0 aliphatic heterocycles. The summed E-state index contributed by atoms with van der Waals surface area (Å²) < 4.78 is 28.2. The second-order valence-electron chi connectivity index (χ2n) is 8.00. The van der Waals surface area contributed by atoms with Crippen molar-refractivity contribution in [3.63, 3.8) is 0 Å². The number of nitrogens with two attached hydrogens (primary N) is 1. The molecule has 1 heterocycles. The number of carbonyl (C=O) groups excluding carboxylic acids is 1. The quantitative estimate of drug-likeness (QED) is 0.640. The molecule has 0 fully saturated rings. The number of aromatic nitrogens is 1. The van der Waals surface area contributed by atoms with E-state index < -0.39 is 23.0 Å². The van der Waals surface area contributed by atoms with Crippen LogP contribution in [-0.2, 0) is 11.8 Å². The van der Waals surface area contributed by atoms with Gasteiger partial charge in [-0.05, 0) is 42.5 Å². The Morgan fingerprint density at radius 1 is 1.14 bits per heavy atom. The molecule has 0 bridgehead atoms. The topological polar surface area (TPSA) is 56.0 Å². The Morgan fingerprint density at radius 2 is 1.82 bits per heavy atom. The second-order valence-corrected chi connectivity index (χ2v) is 8.00. The number of hydrogen-bond donors (Lipinski definition) is 1. The molecular formula is C23H24F2N2O. The van der Waals surface area contributed by atoms with E-state index in [-0.39, 0.29) is 11.1 Å². The Morgan fingerprint density at radius 3 is 2.43 bits per heavy atom. The summed E-state index contributed by atoms with van der Waals surface area (Å²) in [6, 6.07) is 13.8. The van der Waals surface area contributed by atoms with Crippen LogP contribution in [0.5, 0.6) is 0 Å². The number of hydrogen-bond acceptors (Lipinski definition) is 2.